The first-order valence-electron chi connectivity index (χ1n) is 4.35. The molecule has 13 heavy (non-hydrogen) atoms. The van der Waals surface area contributed by atoms with E-state index in [2.05, 4.69) is 11.5 Å². The summed E-state index contributed by atoms with van der Waals surface area (Å²) in [7, 11) is 1.67. The van der Waals surface area contributed by atoms with Crippen molar-refractivity contribution < 1.29 is 4.74 Å². The lowest BCUT2D eigenvalue weighted by molar-refractivity contribution is 0.414. The van der Waals surface area contributed by atoms with E-state index < -0.39 is 0 Å². The van der Waals surface area contributed by atoms with E-state index >= 15 is 0 Å². The number of methoxy groups -OCH3 is 1. The Morgan fingerprint density at radius 1 is 1.54 bits per heavy atom. The molecule has 1 unspecified atom stereocenters. The number of benzene rings is 1. The van der Waals surface area contributed by atoms with Gasteiger partial charge in [-0.3, -0.25) is 11.3 Å². The second-order valence-corrected chi connectivity index (χ2v) is 3.12. The van der Waals surface area contributed by atoms with Gasteiger partial charge in [0.2, 0.25) is 0 Å². The molecule has 3 heteroatoms. The van der Waals surface area contributed by atoms with Gasteiger partial charge in [-0.05, 0) is 31.0 Å². The zero-order valence-electron chi connectivity index (χ0n) is 8.08. The summed E-state index contributed by atoms with van der Waals surface area (Å²) in [5, 5.41) is 0. The zero-order valence-corrected chi connectivity index (χ0v) is 8.08. The Morgan fingerprint density at radius 3 is 2.92 bits per heavy atom. The summed E-state index contributed by atoms with van der Waals surface area (Å²) >= 11 is 0. The molecule has 0 bridgehead atoms. The topological polar surface area (TPSA) is 47.3 Å². The summed E-state index contributed by atoms with van der Waals surface area (Å²) in [5.41, 5.74) is 3.94. The molecule has 0 saturated heterocycles. The maximum Gasteiger partial charge on any atom is 0.119 e. The van der Waals surface area contributed by atoms with Gasteiger partial charge in [0.1, 0.15) is 5.75 Å². The van der Waals surface area contributed by atoms with Crippen LogP contribution in [0.2, 0.25) is 0 Å². The number of nitrogens with two attached hydrogens (primary N) is 1. The Hall–Kier alpha value is -1.06. The smallest absolute Gasteiger partial charge is 0.119 e. The molecule has 0 aliphatic rings. The van der Waals surface area contributed by atoms with Crippen molar-refractivity contribution in [2.45, 2.75) is 19.4 Å². The standard InChI is InChI=1S/C10H16N2O/c1-8(12-11)6-9-4-3-5-10(7-9)13-2/h3-5,7-8,12H,6,11H2,1-2H3. The monoisotopic (exact) mass is 180 g/mol. The van der Waals surface area contributed by atoms with Gasteiger partial charge < -0.3 is 4.74 Å². The normalized spacial score (nSPS) is 12.5. The first-order valence-corrected chi connectivity index (χ1v) is 4.35. The zero-order chi connectivity index (χ0) is 9.68. The average Bonchev–Trinajstić information content (AvgIpc) is 2.18. The highest BCUT2D eigenvalue weighted by Gasteiger charge is 2.01. The fourth-order valence-electron chi connectivity index (χ4n) is 1.21. The highest BCUT2D eigenvalue weighted by molar-refractivity contribution is 5.28. The van der Waals surface area contributed by atoms with Crippen molar-refractivity contribution in [1.82, 2.24) is 5.43 Å². The van der Waals surface area contributed by atoms with Crippen molar-refractivity contribution in [1.29, 1.82) is 0 Å². The highest BCUT2D eigenvalue weighted by Crippen LogP contribution is 2.13. The lowest BCUT2D eigenvalue weighted by Gasteiger charge is -2.10. The molecule has 1 aromatic rings. The molecule has 72 valence electrons. The van der Waals surface area contributed by atoms with Crippen LogP contribution >= 0.6 is 0 Å². The third-order valence-electron chi connectivity index (χ3n) is 1.96. The molecule has 0 saturated carbocycles. The molecule has 0 fully saturated rings. The number of nitrogens with one attached hydrogen (secondary N) is 1. The van der Waals surface area contributed by atoms with E-state index in [0.29, 0.717) is 0 Å². The number of hydrazine groups is 1. The van der Waals surface area contributed by atoms with Crippen LogP contribution in [-0.4, -0.2) is 13.2 Å². The molecule has 0 aliphatic heterocycles. The van der Waals surface area contributed by atoms with Crippen molar-refractivity contribution in [3.63, 3.8) is 0 Å². The maximum atomic E-state index is 5.31. The molecule has 1 rings (SSSR count). The van der Waals surface area contributed by atoms with E-state index in [-0.39, 0.29) is 6.04 Å². The van der Waals surface area contributed by atoms with Gasteiger partial charge in [0.25, 0.3) is 0 Å². The number of hydrogen-bond donors (Lipinski definition) is 2. The van der Waals surface area contributed by atoms with Crippen LogP contribution in [0.4, 0.5) is 0 Å². The summed E-state index contributed by atoms with van der Waals surface area (Å²) in [5.74, 6) is 6.20. The van der Waals surface area contributed by atoms with Gasteiger partial charge >= 0.3 is 0 Å². The third-order valence-corrected chi connectivity index (χ3v) is 1.96. The van der Waals surface area contributed by atoms with Crippen molar-refractivity contribution in [2.75, 3.05) is 7.11 Å². The Morgan fingerprint density at radius 2 is 2.31 bits per heavy atom. The molecule has 0 radical (unpaired) electrons. The lowest BCUT2D eigenvalue weighted by atomic mass is 10.1. The van der Waals surface area contributed by atoms with E-state index in [1.807, 2.05) is 25.1 Å². The van der Waals surface area contributed by atoms with E-state index in [9.17, 15) is 0 Å². The Bertz CT molecular complexity index is 263. The van der Waals surface area contributed by atoms with Gasteiger partial charge in [0.15, 0.2) is 0 Å². The van der Waals surface area contributed by atoms with Crippen LogP contribution in [0, 0.1) is 0 Å². The van der Waals surface area contributed by atoms with E-state index in [1.165, 1.54) is 5.56 Å². The van der Waals surface area contributed by atoms with E-state index in [1.54, 1.807) is 7.11 Å². The first kappa shape index (κ1) is 10.0. The molecule has 0 aromatic heterocycles. The van der Waals surface area contributed by atoms with Crippen molar-refractivity contribution in [3.8, 4) is 5.75 Å². The van der Waals surface area contributed by atoms with Gasteiger partial charge in [-0.15, -0.1) is 0 Å². The maximum absolute atomic E-state index is 5.31. The fraction of sp³-hybridized carbons (Fsp3) is 0.400. The molecule has 0 heterocycles. The van der Waals surface area contributed by atoms with Crippen molar-refractivity contribution >= 4 is 0 Å². The Labute approximate surface area is 78.9 Å². The molecular formula is C10H16N2O. The summed E-state index contributed by atoms with van der Waals surface area (Å²) in [6, 6.07) is 8.29. The van der Waals surface area contributed by atoms with Crippen molar-refractivity contribution in [3.05, 3.63) is 29.8 Å². The van der Waals surface area contributed by atoms with Crippen molar-refractivity contribution in [2.24, 2.45) is 5.84 Å². The molecule has 0 spiro atoms. The molecule has 0 aliphatic carbocycles. The van der Waals surface area contributed by atoms with Crippen LogP contribution in [0.3, 0.4) is 0 Å². The predicted octanol–water partition coefficient (Wildman–Crippen LogP) is 1.09. The molecule has 1 aromatic carbocycles. The number of rotatable bonds is 4. The minimum Gasteiger partial charge on any atom is -0.497 e. The predicted molar refractivity (Wildman–Crippen MR) is 53.5 cm³/mol. The van der Waals surface area contributed by atoms with Crippen LogP contribution in [0.5, 0.6) is 5.75 Å². The first-order chi connectivity index (χ1) is 6.26. The van der Waals surface area contributed by atoms with Crippen LogP contribution in [-0.2, 0) is 6.42 Å². The number of ether oxygens (including phenoxy) is 1. The van der Waals surface area contributed by atoms with Crippen LogP contribution < -0.4 is 16.0 Å². The number of hydrogen-bond acceptors (Lipinski definition) is 3. The van der Waals surface area contributed by atoms with Gasteiger partial charge in [0, 0.05) is 6.04 Å². The van der Waals surface area contributed by atoms with Crippen LogP contribution in [0.1, 0.15) is 12.5 Å². The van der Waals surface area contributed by atoms with Crippen LogP contribution in [0.25, 0.3) is 0 Å². The minimum atomic E-state index is 0.284. The van der Waals surface area contributed by atoms with Gasteiger partial charge in [-0.25, -0.2) is 0 Å². The van der Waals surface area contributed by atoms with E-state index in [0.717, 1.165) is 12.2 Å². The molecule has 0 amide bonds. The van der Waals surface area contributed by atoms with Gasteiger partial charge in [-0.1, -0.05) is 12.1 Å². The summed E-state index contributed by atoms with van der Waals surface area (Å²) in [6.45, 7) is 2.04. The average molecular weight is 180 g/mol. The Balaban J connectivity index is 2.66. The molecule has 3 nitrogen and oxygen atoms in total. The van der Waals surface area contributed by atoms with Crippen LogP contribution in [0.15, 0.2) is 24.3 Å². The van der Waals surface area contributed by atoms with Gasteiger partial charge in [-0.2, -0.15) is 0 Å². The quantitative estimate of drug-likeness (QED) is 0.538. The van der Waals surface area contributed by atoms with Gasteiger partial charge in [0.05, 0.1) is 7.11 Å². The molecular weight excluding hydrogens is 164 g/mol. The minimum absolute atomic E-state index is 0.284. The lowest BCUT2D eigenvalue weighted by Crippen LogP contribution is -2.34. The van der Waals surface area contributed by atoms with E-state index in [4.69, 9.17) is 10.6 Å². The SMILES string of the molecule is COc1cccc(CC(C)NN)c1. The summed E-state index contributed by atoms with van der Waals surface area (Å²) < 4.78 is 5.12. The molecule has 1 atom stereocenters. The third kappa shape index (κ3) is 3.05. The second-order valence-electron chi connectivity index (χ2n) is 3.12. The Kier molecular flexibility index (Phi) is 3.73. The highest BCUT2D eigenvalue weighted by atomic mass is 16.5. The second kappa shape index (κ2) is 4.84. The summed E-state index contributed by atoms with van der Waals surface area (Å²) in [6.07, 6.45) is 0.910. The molecule has 3 N–H and O–H groups in total. The largest absolute Gasteiger partial charge is 0.497 e. The summed E-state index contributed by atoms with van der Waals surface area (Å²) in [4.78, 5) is 0. The fourth-order valence-corrected chi connectivity index (χ4v) is 1.21.